The summed E-state index contributed by atoms with van der Waals surface area (Å²) in [5.74, 6) is 0.600. The summed E-state index contributed by atoms with van der Waals surface area (Å²) >= 11 is 0. The number of aromatic hydroxyl groups is 1. The number of aryl methyl sites for hydroxylation is 2. The first-order valence-electron chi connectivity index (χ1n) is 5.19. The SMILES string of the molecule is Cc1cc(=O)[nH]c(Nc2ccc(O)cc2C)n1. The predicted octanol–water partition coefficient (Wildman–Crippen LogP) is 1.84. The van der Waals surface area contributed by atoms with Gasteiger partial charge in [0.25, 0.3) is 5.56 Å². The van der Waals surface area contributed by atoms with Gasteiger partial charge in [0.2, 0.25) is 5.95 Å². The van der Waals surface area contributed by atoms with Crippen LogP contribution in [0.3, 0.4) is 0 Å². The van der Waals surface area contributed by atoms with Crippen molar-refractivity contribution in [2.45, 2.75) is 13.8 Å². The van der Waals surface area contributed by atoms with Gasteiger partial charge in [0.1, 0.15) is 5.75 Å². The van der Waals surface area contributed by atoms with Crippen molar-refractivity contribution in [3.05, 3.63) is 45.9 Å². The van der Waals surface area contributed by atoms with Crippen LogP contribution in [0.15, 0.2) is 29.1 Å². The van der Waals surface area contributed by atoms with Crippen LogP contribution in [0.1, 0.15) is 11.3 Å². The smallest absolute Gasteiger partial charge is 0.252 e. The maximum absolute atomic E-state index is 11.3. The van der Waals surface area contributed by atoms with Crippen LogP contribution in [0, 0.1) is 13.8 Å². The lowest BCUT2D eigenvalue weighted by Crippen LogP contribution is -2.10. The molecule has 2 aromatic rings. The molecule has 1 aromatic heterocycles. The number of hydrogen-bond donors (Lipinski definition) is 3. The average molecular weight is 231 g/mol. The fourth-order valence-corrected chi connectivity index (χ4v) is 1.55. The van der Waals surface area contributed by atoms with Gasteiger partial charge in [-0.1, -0.05) is 0 Å². The standard InChI is InChI=1S/C12H13N3O2/c1-7-5-9(16)3-4-10(7)14-12-13-8(2)6-11(17)15-12/h3-6,16H,1-2H3,(H2,13,14,15,17). The third-order valence-corrected chi connectivity index (χ3v) is 2.33. The molecular weight excluding hydrogens is 218 g/mol. The van der Waals surface area contributed by atoms with Crippen LogP contribution >= 0.6 is 0 Å². The molecule has 0 spiro atoms. The number of benzene rings is 1. The Balaban J connectivity index is 2.34. The van der Waals surface area contributed by atoms with E-state index in [-0.39, 0.29) is 11.3 Å². The summed E-state index contributed by atoms with van der Waals surface area (Å²) in [5.41, 5.74) is 2.11. The zero-order chi connectivity index (χ0) is 12.4. The fourth-order valence-electron chi connectivity index (χ4n) is 1.55. The highest BCUT2D eigenvalue weighted by atomic mass is 16.3. The van der Waals surface area contributed by atoms with E-state index in [1.165, 1.54) is 6.07 Å². The summed E-state index contributed by atoms with van der Waals surface area (Å²) in [4.78, 5) is 18.0. The van der Waals surface area contributed by atoms with E-state index < -0.39 is 0 Å². The van der Waals surface area contributed by atoms with Gasteiger partial charge in [-0.15, -0.1) is 0 Å². The minimum atomic E-state index is -0.198. The molecule has 0 aliphatic carbocycles. The van der Waals surface area contributed by atoms with Crippen molar-refractivity contribution in [3.8, 4) is 5.75 Å². The molecule has 1 heterocycles. The van der Waals surface area contributed by atoms with Crippen LogP contribution in [0.5, 0.6) is 5.75 Å². The Bertz CT molecular complexity index is 605. The van der Waals surface area contributed by atoms with Crippen molar-refractivity contribution < 1.29 is 5.11 Å². The molecule has 88 valence electrons. The Kier molecular flexibility index (Phi) is 2.82. The summed E-state index contributed by atoms with van der Waals surface area (Å²) in [6, 6.07) is 6.36. The van der Waals surface area contributed by atoms with Gasteiger partial charge in [-0.3, -0.25) is 9.78 Å². The van der Waals surface area contributed by atoms with Crippen LogP contribution in [0.25, 0.3) is 0 Å². The highest BCUT2D eigenvalue weighted by Crippen LogP contribution is 2.21. The summed E-state index contributed by atoms with van der Waals surface area (Å²) in [7, 11) is 0. The third kappa shape index (κ3) is 2.63. The number of aromatic amines is 1. The Morgan fingerprint density at radius 2 is 2.06 bits per heavy atom. The van der Waals surface area contributed by atoms with Gasteiger partial charge < -0.3 is 10.4 Å². The van der Waals surface area contributed by atoms with Crippen LogP contribution in [0.2, 0.25) is 0 Å². The second-order valence-electron chi connectivity index (χ2n) is 3.86. The van der Waals surface area contributed by atoms with E-state index in [4.69, 9.17) is 0 Å². The zero-order valence-corrected chi connectivity index (χ0v) is 9.61. The molecule has 0 atom stereocenters. The molecule has 17 heavy (non-hydrogen) atoms. The first-order chi connectivity index (χ1) is 8.04. The molecule has 0 aliphatic heterocycles. The number of rotatable bonds is 2. The number of nitrogens with one attached hydrogen (secondary N) is 2. The number of nitrogens with zero attached hydrogens (tertiary/aromatic N) is 1. The quantitative estimate of drug-likeness (QED) is 0.689. The lowest BCUT2D eigenvalue weighted by atomic mass is 10.2. The van der Waals surface area contributed by atoms with E-state index in [9.17, 15) is 9.90 Å². The maximum atomic E-state index is 11.3. The van der Waals surface area contributed by atoms with E-state index in [1.807, 2.05) is 6.92 Å². The monoisotopic (exact) mass is 231 g/mol. The van der Waals surface area contributed by atoms with Crippen LogP contribution in [-0.2, 0) is 0 Å². The van der Waals surface area contributed by atoms with E-state index >= 15 is 0 Å². The number of phenols is 1. The second kappa shape index (κ2) is 4.29. The molecule has 0 aliphatic rings. The molecule has 0 saturated heterocycles. The molecule has 5 heteroatoms. The van der Waals surface area contributed by atoms with Gasteiger partial charge >= 0.3 is 0 Å². The van der Waals surface area contributed by atoms with Crippen LogP contribution in [-0.4, -0.2) is 15.1 Å². The highest BCUT2D eigenvalue weighted by molar-refractivity contribution is 5.59. The minimum Gasteiger partial charge on any atom is -0.508 e. The lowest BCUT2D eigenvalue weighted by molar-refractivity contribution is 0.475. The first kappa shape index (κ1) is 11.2. The Morgan fingerprint density at radius 3 is 2.71 bits per heavy atom. The van der Waals surface area contributed by atoms with Crippen molar-refractivity contribution in [1.82, 2.24) is 9.97 Å². The highest BCUT2D eigenvalue weighted by Gasteiger charge is 2.02. The topological polar surface area (TPSA) is 78.0 Å². The van der Waals surface area contributed by atoms with E-state index in [0.29, 0.717) is 11.6 Å². The summed E-state index contributed by atoms with van der Waals surface area (Å²) in [6.07, 6.45) is 0. The van der Waals surface area contributed by atoms with Gasteiger partial charge in [0.15, 0.2) is 0 Å². The largest absolute Gasteiger partial charge is 0.508 e. The Labute approximate surface area is 98.2 Å². The van der Waals surface area contributed by atoms with Crippen molar-refractivity contribution in [2.24, 2.45) is 0 Å². The summed E-state index contributed by atoms with van der Waals surface area (Å²) in [6.45, 7) is 3.61. The molecule has 3 N–H and O–H groups in total. The van der Waals surface area contributed by atoms with E-state index in [2.05, 4.69) is 15.3 Å². The molecule has 5 nitrogen and oxygen atoms in total. The Morgan fingerprint density at radius 1 is 1.29 bits per heavy atom. The van der Waals surface area contributed by atoms with Crippen molar-refractivity contribution in [2.75, 3.05) is 5.32 Å². The second-order valence-corrected chi connectivity index (χ2v) is 3.86. The van der Waals surface area contributed by atoms with Crippen LogP contribution < -0.4 is 10.9 Å². The van der Waals surface area contributed by atoms with Gasteiger partial charge in [-0.05, 0) is 37.6 Å². The summed E-state index contributed by atoms with van der Waals surface area (Å²) < 4.78 is 0. The van der Waals surface area contributed by atoms with Crippen molar-refractivity contribution in [3.63, 3.8) is 0 Å². The van der Waals surface area contributed by atoms with Gasteiger partial charge in [0, 0.05) is 17.4 Å². The number of hydrogen-bond acceptors (Lipinski definition) is 4. The Hall–Kier alpha value is -2.30. The molecule has 0 bridgehead atoms. The first-order valence-corrected chi connectivity index (χ1v) is 5.19. The molecule has 0 radical (unpaired) electrons. The average Bonchev–Trinajstić information content (AvgIpc) is 2.21. The van der Waals surface area contributed by atoms with Gasteiger partial charge in [-0.25, -0.2) is 4.98 Å². The molecule has 2 rings (SSSR count). The maximum Gasteiger partial charge on any atom is 0.252 e. The number of H-pyrrole nitrogens is 1. The number of anilines is 2. The number of aromatic nitrogens is 2. The minimum absolute atomic E-state index is 0.198. The third-order valence-electron chi connectivity index (χ3n) is 2.33. The normalized spacial score (nSPS) is 10.2. The fraction of sp³-hybridized carbons (Fsp3) is 0.167. The molecule has 1 aromatic carbocycles. The molecule has 0 fully saturated rings. The van der Waals surface area contributed by atoms with E-state index in [1.54, 1.807) is 25.1 Å². The summed E-state index contributed by atoms with van der Waals surface area (Å²) in [5, 5.41) is 12.3. The zero-order valence-electron chi connectivity index (χ0n) is 9.61. The molecule has 0 unspecified atom stereocenters. The molecule has 0 saturated carbocycles. The van der Waals surface area contributed by atoms with Crippen LogP contribution in [0.4, 0.5) is 11.6 Å². The lowest BCUT2D eigenvalue weighted by Gasteiger charge is -2.08. The van der Waals surface area contributed by atoms with Crippen molar-refractivity contribution in [1.29, 1.82) is 0 Å². The predicted molar refractivity (Wildman–Crippen MR) is 65.7 cm³/mol. The van der Waals surface area contributed by atoms with Gasteiger partial charge in [-0.2, -0.15) is 0 Å². The molecular formula is C12H13N3O2. The number of phenolic OH excluding ortho intramolecular Hbond substituents is 1. The van der Waals surface area contributed by atoms with Gasteiger partial charge in [0.05, 0.1) is 0 Å². The van der Waals surface area contributed by atoms with E-state index in [0.717, 1.165) is 11.3 Å². The van der Waals surface area contributed by atoms with Crippen molar-refractivity contribution >= 4 is 11.6 Å². The molecule has 0 amide bonds.